The summed E-state index contributed by atoms with van der Waals surface area (Å²) in [7, 11) is 0. The molecule has 0 aliphatic heterocycles. The maximum absolute atomic E-state index is 11.2. The molecule has 2 N–H and O–H groups in total. The van der Waals surface area contributed by atoms with Gasteiger partial charge < -0.3 is 10.4 Å². The Balaban J connectivity index is 2.89. The van der Waals surface area contributed by atoms with E-state index in [0.717, 1.165) is 0 Å². The quantitative estimate of drug-likeness (QED) is 0.589. The third-order valence-electron chi connectivity index (χ3n) is 2.97. The normalized spacial score (nSPS) is 11.7. The van der Waals surface area contributed by atoms with Gasteiger partial charge in [-0.1, -0.05) is 13.8 Å². The van der Waals surface area contributed by atoms with Crippen LogP contribution in [-0.2, 0) is 4.79 Å². The number of carboxylic acids is 1. The first-order valence-corrected chi connectivity index (χ1v) is 6.50. The molecule has 7 nitrogen and oxygen atoms in total. The zero-order chi connectivity index (χ0) is 16.0. The summed E-state index contributed by atoms with van der Waals surface area (Å²) in [6.45, 7) is 3.93. The molecule has 0 bridgehead atoms. The smallest absolute Gasteiger partial charge is 0.308 e. The second-order valence-electron chi connectivity index (χ2n) is 5.15. The fraction of sp³-hybridized carbons (Fsp3) is 0.429. The number of aliphatic carboxylic acids is 1. The molecule has 112 valence electrons. The minimum Gasteiger partial charge on any atom is -0.481 e. The van der Waals surface area contributed by atoms with Gasteiger partial charge in [0.2, 0.25) is 0 Å². The lowest BCUT2D eigenvalue weighted by Gasteiger charge is -2.16. The average Bonchev–Trinajstić information content (AvgIpc) is 2.42. The molecule has 0 fully saturated rings. The van der Waals surface area contributed by atoms with Crippen LogP contribution in [0.5, 0.6) is 0 Å². The van der Waals surface area contributed by atoms with Gasteiger partial charge in [-0.25, -0.2) is 0 Å². The van der Waals surface area contributed by atoms with Gasteiger partial charge in [0.1, 0.15) is 5.69 Å². The second kappa shape index (κ2) is 7.24. The van der Waals surface area contributed by atoms with Crippen LogP contribution in [0.1, 0.15) is 25.8 Å². The van der Waals surface area contributed by atoms with Crippen molar-refractivity contribution in [1.29, 1.82) is 5.26 Å². The van der Waals surface area contributed by atoms with E-state index in [1.807, 2.05) is 19.9 Å². The van der Waals surface area contributed by atoms with Crippen LogP contribution in [0.15, 0.2) is 18.2 Å². The topological polar surface area (TPSA) is 116 Å². The first kappa shape index (κ1) is 16.4. The predicted molar refractivity (Wildman–Crippen MR) is 76.9 cm³/mol. The Morgan fingerprint density at radius 1 is 1.52 bits per heavy atom. The Morgan fingerprint density at radius 2 is 2.19 bits per heavy atom. The second-order valence-corrected chi connectivity index (χ2v) is 5.15. The van der Waals surface area contributed by atoms with Gasteiger partial charge in [-0.3, -0.25) is 14.9 Å². The van der Waals surface area contributed by atoms with Crippen molar-refractivity contribution in [2.45, 2.75) is 20.3 Å². The van der Waals surface area contributed by atoms with Gasteiger partial charge in [0.15, 0.2) is 0 Å². The number of rotatable bonds is 7. The van der Waals surface area contributed by atoms with Gasteiger partial charge in [-0.05, 0) is 24.5 Å². The Labute approximate surface area is 122 Å². The Bertz CT molecular complexity index is 578. The molecule has 1 aromatic carbocycles. The molecule has 0 aliphatic rings. The number of nitriles is 1. The van der Waals surface area contributed by atoms with Crippen LogP contribution in [0.4, 0.5) is 11.4 Å². The number of nitro benzene ring substituents is 1. The summed E-state index contributed by atoms with van der Waals surface area (Å²) < 4.78 is 0. The van der Waals surface area contributed by atoms with Crippen molar-refractivity contribution in [2.24, 2.45) is 11.8 Å². The number of nitrogens with one attached hydrogen (secondary N) is 1. The average molecular weight is 291 g/mol. The number of hydrogen-bond donors (Lipinski definition) is 2. The molecule has 1 atom stereocenters. The summed E-state index contributed by atoms with van der Waals surface area (Å²) in [6, 6.07) is 5.87. The van der Waals surface area contributed by atoms with Crippen LogP contribution in [-0.4, -0.2) is 22.5 Å². The third kappa shape index (κ3) is 4.76. The lowest BCUT2D eigenvalue weighted by atomic mass is 9.97. The van der Waals surface area contributed by atoms with E-state index in [1.54, 1.807) is 0 Å². The molecule has 0 aliphatic carbocycles. The monoisotopic (exact) mass is 291 g/mol. The van der Waals surface area contributed by atoms with Gasteiger partial charge in [0.25, 0.3) is 5.69 Å². The maximum Gasteiger partial charge on any atom is 0.308 e. The van der Waals surface area contributed by atoms with Gasteiger partial charge in [0, 0.05) is 12.6 Å². The molecule has 0 aromatic heterocycles. The van der Waals surface area contributed by atoms with E-state index in [-0.39, 0.29) is 29.4 Å². The van der Waals surface area contributed by atoms with E-state index in [1.165, 1.54) is 18.2 Å². The first-order valence-electron chi connectivity index (χ1n) is 6.50. The summed E-state index contributed by atoms with van der Waals surface area (Å²) in [5.74, 6) is -1.35. The molecule has 1 aromatic rings. The van der Waals surface area contributed by atoms with E-state index in [9.17, 15) is 14.9 Å². The number of carboxylic acid groups (broad SMARTS) is 1. The van der Waals surface area contributed by atoms with E-state index < -0.39 is 16.8 Å². The van der Waals surface area contributed by atoms with Crippen LogP contribution in [0.3, 0.4) is 0 Å². The Kier molecular flexibility index (Phi) is 5.67. The highest BCUT2D eigenvalue weighted by atomic mass is 16.6. The Hall–Kier alpha value is -2.62. The molecule has 1 unspecified atom stereocenters. The molecule has 0 saturated carbocycles. The van der Waals surface area contributed by atoms with Crippen molar-refractivity contribution in [2.75, 3.05) is 11.9 Å². The highest BCUT2D eigenvalue weighted by Gasteiger charge is 2.21. The van der Waals surface area contributed by atoms with Crippen LogP contribution >= 0.6 is 0 Å². The van der Waals surface area contributed by atoms with Gasteiger partial charge in [-0.2, -0.15) is 5.26 Å². The molecule has 0 spiro atoms. The summed E-state index contributed by atoms with van der Waals surface area (Å²) in [6.07, 6.45) is 0.479. The van der Waals surface area contributed by atoms with Gasteiger partial charge >= 0.3 is 5.97 Å². The summed E-state index contributed by atoms with van der Waals surface area (Å²) in [4.78, 5) is 21.5. The molecular formula is C14H17N3O4. The lowest BCUT2D eigenvalue weighted by molar-refractivity contribution is -0.384. The van der Waals surface area contributed by atoms with E-state index in [2.05, 4.69) is 5.32 Å². The largest absolute Gasteiger partial charge is 0.481 e. The van der Waals surface area contributed by atoms with Crippen LogP contribution in [0.25, 0.3) is 0 Å². The van der Waals surface area contributed by atoms with Crippen molar-refractivity contribution in [1.82, 2.24) is 0 Å². The number of carbonyl (C=O) groups is 1. The number of nitrogens with zero attached hydrogens (tertiary/aromatic N) is 2. The predicted octanol–water partition coefficient (Wildman–Crippen LogP) is 2.63. The molecule has 0 heterocycles. The first-order chi connectivity index (χ1) is 9.85. The molecule has 0 radical (unpaired) electrons. The van der Waals surface area contributed by atoms with E-state index in [0.29, 0.717) is 6.42 Å². The zero-order valence-corrected chi connectivity index (χ0v) is 11.9. The highest BCUT2D eigenvalue weighted by Crippen LogP contribution is 2.26. The number of anilines is 1. The highest BCUT2D eigenvalue weighted by molar-refractivity contribution is 5.71. The molecule has 21 heavy (non-hydrogen) atoms. The summed E-state index contributed by atoms with van der Waals surface area (Å²) in [5, 5.41) is 31.7. The van der Waals surface area contributed by atoms with E-state index >= 15 is 0 Å². The summed E-state index contributed by atoms with van der Waals surface area (Å²) >= 11 is 0. The maximum atomic E-state index is 11.2. The lowest BCUT2D eigenvalue weighted by Crippen LogP contribution is -2.24. The minimum absolute atomic E-state index is 0.0975. The molecule has 7 heteroatoms. The number of benzene rings is 1. The fourth-order valence-electron chi connectivity index (χ4n) is 1.98. The van der Waals surface area contributed by atoms with Gasteiger partial charge in [0.05, 0.1) is 22.5 Å². The van der Waals surface area contributed by atoms with Crippen LogP contribution < -0.4 is 5.32 Å². The standard InChI is InChI=1S/C14H17N3O4/c1-9(2)5-11(14(18)19)8-16-12-4-3-10(7-15)6-13(12)17(20)21/h3-4,6,9,11,16H,5,8H2,1-2H3,(H,18,19). The van der Waals surface area contributed by atoms with Crippen LogP contribution in [0, 0.1) is 33.3 Å². The molecule has 0 saturated heterocycles. The van der Waals surface area contributed by atoms with Crippen molar-refractivity contribution in [3.63, 3.8) is 0 Å². The summed E-state index contributed by atoms with van der Waals surface area (Å²) in [5.41, 5.74) is 0.168. The molecular weight excluding hydrogens is 274 g/mol. The molecule has 1 rings (SSSR count). The third-order valence-corrected chi connectivity index (χ3v) is 2.97. The fourth-order valence-corrected chi connectivity index (χ4v) is 1.98. The zero-order valence-electron chi connectivity index (χ0n) is 11.9. The number of hydrogen-bond acceptors (Lipinski definition) is 5. The van der Waals surface area contributed by atoms with Crippen LogP contribution in [0.2, 0.25) is 0 Å². The SMILES string of the molecule is CC(C)CC(CNc1ccc(C#N)cc1[N+](=O)[O-])C(=O)O. The van der Waals surface area contributed by atoms with E-state index in [4.69, 9.17) is 10.4 Å². The number of nitro groups is 1. The molecule has 0 amide bonds. The van der Waals surface area contributed by atoms with Gasteiger partial charge in [-0.15, -0.1) is 0 Å². The minimum atomic E-state index is -0.938. The van der Waals surface area contributed by atoms with Crippen molar-refractivity contribution < 1.29 is 14.8 Å². The Morgan fingerprint density at radius 3 is 2.67 bits per heavy atom. The van der Waals surface area contributed by atoms with Crippen molar-refractivity contribution in [3.8, 4) is 6.07 Å². The van der Waals surface area contributed by atoms with Crippen molar-refractivity contribution >= 4 is 17.3 Å². The van der Waals surface area contributed by atoms with Crippen molar-refractivity contribution in [3.05, 3.63) is 33.9 Å².